The summed E-state index contributed by atoms with van der Waals surface area (Å²) < 4.78 is 0. The molecule has 1 aliphatic heterocycles. The van der Waals surface area contributed by atoms with Crippen molar-refractivity contribution >= 4 is 22.5 Å². The molecule has 1 saturated heterocycles. The molecule has 1 aliphatic rings. The number of nitrogens with one attached hydrogen (secondary N) is 3. The first-order valence-electron chi connectivity index (χ1n) is 10.0. The van der Waals surface area contributed by atoms with E-state index in [-0.39, 0.29) is 11.9 Å². The second-order valence-corrected chi connectivity index (χ2v) is 7.52. The van der Waals surface area contributed by atoms with Crippen LogP contribution in [0.4, 0.5) is 5.82 Å². The Balaban J connectivity index is 1.32. The van der Waals surface area contributed by atoms with Crippen LogP contribution in [-0.4, -0.2) is 38.6 Å². The van der Waals surface area contributed by atoms with Crippen molar-refractivity contribution in [2.75, 3.05) is 37.6 Å². The third-order valence-electron chi connectivity index (χ3n) is 5.58. The number of aromatic nitrogens is 1. The highest BCUT2D eigenvalue weighted by molar-refractivity contribution is 5.87. The lowest BCUT2D eigenvalue weighted by molar-refractivity contribution is -0.892. The van der Waals surface area contributed by atoms with Gasteiger partial charge in [-0.3, -0.25) is 9.69 Å². The van der Waals surface area contributed by atoms with Crippen LogP contribution in [0.2, 0.25) is 0 Å². The second kappa shape index (κ2) is 8.40. The number of carbonyl (C=O) groups is 1. The van der Waals surface area contributed by atoms with Crippen LogP contribution in [0.1, 0.15) is 18.5 Å². The maximum atomic E-state index is 12.6. The summed E-state index contributed by atoms with van der Waals surface area (Å²) in [6.07, 6.45) is 1.96. The first-order chi connectivity index (χ1) is 13.7. The Morgan fingerprint density at radius 2 is 1.82 bits per heavy atom. The van der Waals surface area contributed by atoms with E-state index in [0.717, 1.165) is 32.0 Å². The predicted octanol–water partition coefficient (Wildman–Crippen LogP) is 1.24. The zero-order valence-electron chi connectivity index (χ0n) is 16.3. The minimum atomic E-state index is -0.00166. The van der Waals surface area contributed by atoms with Gasteiger partial charge in [-0.1, -0.05) is 48.5 Å². The van der Waals surface area contributed by atoms with Crippen LogP contribution in [-0.2, 0) is 4.79 Å². The van der Waals surface area contributed by atoms with Crippen LogP contribution < -0.4 is 20.1 Å². The van der Waals surface area contributed by atoms with Crippen LogP contribution in [0.25, 0.3) is 10.8 Å². The van der Waals surface area contributed by atoms with Crippen molar-refractivity contribution in [1.29, 1.82) is 0 Å². The monoisotopic (exact) mass is 376 g/mol. The molecule has 1 fully saturated rings. The third-order valence-corrected chi connectivity index (χ3v) is 5.58. The minimum Gasteiger partial charge on any atom is -0.345 e. The Morgan fingerprint density at radius 3 is 2.61 bits per heavy atom. The van der Waals surface area contributed by atoms with Gasteiger partial charge in [0.1, 0.15) is 26.2 Å². The molecule has 0 bridgehead atoms. The van der Waals surface area contributed by atoms with Crippen molar-refractivity contribution in [1.82, 2.24) is 5.32 Å². The van der Waals surface area contributed by atoms with Crippen LogP contribution in [0.3, 0.4) is 0 Å². The second-order valence-electron chi connectivity index (χ2n) is 7.52. The van der Waals surface area contributed by atoms with E-state index in [0.29, 0.717) is 6.54 Å². The van der Waals surface area contributed by atoms with E-state index >= 15 is 0 Å². The van der Waals surface area contributed by atoms with Gasteiger partial charge < -0.3 is 10.2 Å². The zero-order chi connectivity index (χ0) is 19.3. The number of rotatable bonds is 5. The maximum absolute atomic E-state index is 12.6. The van der Waals surface area contributed by atoms with E-state index < -0.39 is 0 Å². The van der Waals surface area contributed by atoms with Gasteiger partial charge in [0.2, 0.25) is 0 Å². The van der Waals surface area contributed by atoms with Crippen molar-refractivity contribution < 1.29 is 14.7 Å². The van der Waals surface area contributed by atoms with Crippen molar-refractivity contribution in [2.24, 2.45) is 0 Å². The van der Waals surface area contributed by atoms with Crippen molar-refractivity contribution in [3.63, 3.8) is 0 Å². The summed E-state index contributed by atoms with van der Waals surface area (Å²) >= 11 is 0. The lowest BCUT2D eigenvalue weighted by Crippen LogP contribution is -3.16. The van der Waals surface area contributed by atoms with E-state index in [1.54, 1.807) is 0 Å². The van der Waals surface area contributed by atoms with Crippen LogP contribution in [0, 0.1) is 0 Å². The van der Waals surface area contributed by atoms with Gasteiger partial charge in [0.05, 0.1) is 12.2 Å². The number of piperazine rings is 1. The molecule has 3 N–H and O–H groups in total. The standard InChI is InChI=1S/C23H26N4O/c1-18(20-10-6-8-19-7-2-3-9-21(19)20)25-23(28)17-26-13-15-27(16-14-26)22-11-4-5-12-24-22/h2-12,18H,13-17H2,1H3,(H,25,28)/p+2/t18-/m1/s1. The molecule has 0 spiro atoms. The molecule has 0 aliphatic carbocycles. The van der Waals surface area contributed by atoms with Crippen molar-refractivity contribution in [3.05, 3.63) is 72.4 Å². The first kappa shape index (κ1) is 18.4. The molecule has 2 heterocycles. The number of H-pyrrole nitrogens is 1. The van der Waals surface area contributed by atoms with Gasteiger partial charge in [0, 0.05) is 6.07 Å². The van der Waals surface area contributed by atoms with Crippen LogP contribution in [0.15, 0.2) is 66.9 Å². The summed E-state index contributed by atoms with van der Waals surface area (Å²) in [5, 5.41) is 5.61. The Morgan fingerprint density at radius 1 is 1.07 bits per heavy atom. The Bertz CT molecular complexity index is 930. The van der Waals surface area contributed by atoms with Crippen molar-refractivity contribution in [3.8, 4) is 0 Å². The molecule has 5 heteroatoms. The summed E-state index contributed by atoms with van der Waals surface area (Å²) in [6.45, 7) is 6.46. The third kappa shape index (κ3) is 4.15. The molecule has 1 amide bonds. The molecule has 5 nitrogen and oxygen atoms in total. The largest absolute Gasteiger partial charge is 0.345 e. The number of nitrogens with zero attached hydrogens (tertiary/aromatic N) is 1. The molecule has 144 valence electrons. The van der Waals surface area contributed by atoms with Gasteiger partial charge in [0.15, 0.2) is 6.54 Å². The average molecular weight is 377 g/mol. The number of fused-ring (bicyclic) bond motifs is 1. The summed E-state index contributed by atoms with van der Waals surface area (Å²) in [7, 11) is 0. The van der Waals surface area contributed by atoms with Gasteiger partial charge in [-0.25, -0.2) is 4.98 Å². The van der Waals surface area contributed by atoms with Gasteiger partial charge >= 0.3 is 0 Å². The van der Waals surface area contributed by atoms with E-state index in [4.69, 9.17) is 0 Å². The van der Waals surface area contributed by atoms with Gasteiger partial charge in [-0.2, -0.15) is 0 Å². The number of pyridine rings is 1. The molecular formula is C23H28N4O+2. The minimum absolute atomic E-state index is 0.00166. The number of hydrogen-bond donors (Lipinski definition) is 2. The van der Waals surface area contributed by atoms with Crippen molar-refractivity contribution in [2.45, 2.75) is 13.0 Å². The average Bonchev–Trinajstić information content (AvgIpc) is 2.74. The van der Waals surface area contributed by atoms with E-state index in [9.17, 15) is 4.79 Å². The molecule has 3 aromatic rings. The number of aromatic amines is 1. The topological polar surface area (TPSA) is 50.9 Å². The van der Waals surface area contributed by atoms with E-state index in [1.165, 1.54) is 21.2 Å². The van der Waals surface area contributed by atoms with Crippen LogP contribution in [0.5, 0.6) is 0 Å². The highest BCUT2D eigenvalue weighted by atomic mass is 16.2. The molecule has 28 heavy (non-hydrogen) atoms. The molecule has 0 unspecified atom stereocenters. The molecule has 0 radical (unpaired) electrons. The number of anilines is 1. The summed E-state index contributed by atoms with van der Waals surface area (Å²) in [5.41, 5.74) is 1.17. The quantitative estimate of drug-likeness (QED) is 0.704. The summed E-state index contributed by atoms with van der Waals surface area (Å²) in [5.74, 6) is 1.27. The fourth-order valence-electron chi connectivity index (χ4n) is 4.05. The maximum Gasteiger partial charge on any atom is 0.275 e. The van der Waals surface area contributed by atoms with E-state index in [2.05, 4.69) is 58.5 Å². The number of quaternary nitrogens is 1. The normalized spacial score (nSPS) is 16.1. The Hall–Kier alpha value is -2.92. The molecule has 1 aromatic heterocycles. The molecule has 2 aromatic carbocycles. The van der Waals surface area contributed by atoms with E-state index in [1.807, 2.05) is 30.5 Å². The highest BCUT2D eigenvalue weighted by Gasteiger charge is 2.27. The van der Waals surface area contributed by atoms with Gasteiger partial charge in [-0.05, 0) is 29.3 Å². The zero-order valence-corrected chi connectivity index (χ0v) is 16.3. The number of carbonyl (C=O) groups excluding carboxylic acids is 1. The molecule has 4 rings (SSSR count). The first-order valence-corrected chi connectivity index (χ1v) is 10.0. The number of benzene rings is 2. The lowest BCUT2D eigenvalue weighted by Gasteiger charge is -2.28. The lowest BCUT2D eigenvalue weighted by atomic mass is 10.00. The number of amides is 1. The predicted molar refractivity (Wildman–Crippen MR) is 111 cm³/mol. The Labute approximate surface area is 166 Å². The SMILES string of the molecule is C[C@@H](NC(=O)C[NH+]1CCN(c2cccc[nH+]2)CC1)c1cccc2ccccc12. The summed E-state index contributed by atoms with van der Waals surface area (Å²) in [4.78, 5) is 19.6. The summed E-state index contributed by atoms with van der Waals surface area (Å²) in [6, 6.07) is 20.8. The highest BCUT2D eigenvalue weighted by Crippen LogP contribution is 2.23. The van der Waals surface area contributed by atoms with Crippen LogP contribution >= 0.6 is 0 Å². The van der Waals surface area contributed by atoms with Gasteiger partial charge in [0.25, 0.3) is 11.7 Å². The number of hydrogen-bond acceptors (Lipinski definition) is 2. The van der Waals surface area contributed by atoms with Gasteiger partial charge in [-0.15, -0.1) is 0 Å². The Kier molecular flexibility index (Phi) is 5.53. The molecule has 1 atom stereocenters. The fourth-order valence-corrected chi connectivity index (χ4v) is 4.05. The fraction of sp³-hybridized carbons (Fsp3) is 0.304. The smallest absolute Gasteiger partial charge is 0.275 e. The molecular weight excluding hydrogens is 348 g/mol. The molecule has 0 saturated carbocycles.